The molecule has 0 saturated heterocycles. The Hall–Kier alpha value is -0.730. The van der Waals surface area contributed by atoms with Crippen molar-refractivity contribution in [2.24, 2.45) is 5.92 Å². The Labute approximate surface area is 102 Å². The van der Waals surface area contributed by atoms with Crippen molar-refractivity contribution in [2.45, 2.75) is 32.8 Å². The lowest BCUT2D eigenvalue weighted by Gasteiger charge is -2.32. The van der Waals surface area contributed by atoms with Gasteiger partial charge in [0.1, 0.15) is 5.75 Å². The molecule has 0 heterocycles. The van der Waals surface area contributed by atoms with E-state index in [1.54, 1.807) is 13.2 Å². The summed E-state index contributed by atoms with van der Waals surface area (Å²) < 4.78 is 5.16. The number of methoxy groups -OCH3 is 1. The van der Waals surface area contributed by atoms with Crippen molar-refractivity contribution in [3.8, 4) is 5.75 Å². The van der Waals surface area contributed by atoms with Crippen LogP contribution in [-0.4, -0.2) is 12.2 Å². The predicted molar refractivity (Wildman–Crippen MR) is 67.0 cm³/mol. The predicted octanol–water partition coefficient (Wildman–Crippen LogP) is 3.60. The summed E-state index contributed by atoms with van der Waals surface area (Å²) in [6, 6.07) is 5.43. The molecule has 3 heteroatoms. The summed E-state index contributed by atoms with van der Waals surface area (Å²) in [7, 11) is 1.57. The molecule has 0 aliphatic rings. The first-order valence-corrected chi connectivity index (χ1v) is 5.89. The topological polar surface area (TPSA) is 29.5 Å². The molecule has 1 rings (SSSR count). The molecule has 1 unspecified atom stereocenters. The standard InChI is InChI=1S/C13H19ClO2/c1-5-13(15,9(2)3)10-6-7-11(14)12(8-10)16-4/h6-9,15H,5H2,1-4H3. The number of ether oxygens (including phenoxy) is 1. The van der Waals surface area contributed by atoms with Crippen molar-refractivity contribution in [1.29, 1.82) is 0 Å². The highest BCUT2D eigenvalue weighted by molar-refractivity contribution is 6.32. The molecule has 1 aromatic rings. The van der Waals surface area contributed by atoms with Crippen LogP contribution in [0.2, 0.25) is 5.02 Å². The minimum Gasteiger partial charge on any atom is -0.495 e. The molecule has 0 aromatic heterocycles. The molecule has 0 aliphatic carbocycles. The van der Waals surface area contributed by atoms with Crippen LogP contribution in [-0.2, 0) is 5.60 Å². The van der Waals surface area contributed by atoms with E-state index in [1.165, 1.54) is 0 Å². The Bertz CT molecular complexity index is 363. The van der Waals surface area contributed by atoms with Gasteiger partial charge in [-0.2, -0.15) is 0 Å². The molecular formula is C13H19ClO2. The van der Waals surface area contributed by atoms with E-state index in [9.17, 15) is 5.11 Å². The van der Waals surface area contributed by atoms with Crippen LogP contribution in [0.1, 0.15) is 32.8 Å². The van der Waals surface area contributed by atoms with Crippen molar-refractivity contribution < 1.29 is 9.84 Å². The number of rotatable bonds is 4. The summed E-state index contributed by atoms with van der Waals surface area (Å²) in [5.74, 6) is 0.745. The van der Waals surface area contributed by atoms with Gasteiger partial charge in [0.25, 0.3) is 0 Å². The van der Waals surface area contributed by atoms with E-state index in [4.69, 9.17) is 16.3 Å². The van der Waals surface area contributed by atoms with Crippen LogP contribution >= 0.6 is 11.6 Å². The maximum Gasteiger partial charge on any atom is 0.137 e. The molecule has 0 amide bonds. The molecule has 1 aromatic carbocycles. The van der Waals surface area contributed by atoms with E-state index in [2.05, 4.69) is 0 Å². The first-order chi connectivity index (χ1) is 7.45. The van der Waals surface area contributed by atoms with E-state index in [1.807, 2.05) is 32.9 Å². The van der Waals surface area contributed by atoms with Gasteiger partial charge in [-0.05, 0) is 30.0 Å². The molecule has 0 saturated carbocycles. The van der Waals surface area contributed by atoms with Crippen LogP contribution in [0, 0.1) is 5.92 Å². The van der Waals surface area contributed by atoms with Crippen LogP contribution in [0.4, 0.5) is 0 Å². The Morgan fingerprint density at radius 1 is 1.44 bits per heavy atom. The molecule has 0 radical (unpaired) electrons. The van der Waals surface area contributed by atoms with Gasteiger partial charge in [-0.15, -0.1) is 0 Å². The minimum absolute atomic E-state index is 0.142. The maximum atomic E-state index is 10.6. The maximum absolute atomic E-state index is 10.6. The average Bonchev–Trinajstić information content (AvgIpc) is 2.28. The lowest BCUT2D eigenvalue weighted by molar-refractivity contribution is -0.0141. The summed E-state index contributed by atoms with van der Waals surface area (Å²) >= 11 is 5.96. The van der Waals surface area contributed by atoms with E-state index in [-0.39, 0.29) is 5.92 Å². The molecule has 1 atom stereocenters. The van der Waals surface area contributed by atoms with Crippen LogP contribution in [0.15, 0.2) is 18.2 Å². The zero-order chi connectivity index (χ0) is 12.3. The van der Waals surface area contributed by atoms with Gasteiger partial charge in [-0.3, -0.25) is 0 Å². The van der Waals surface area contributed by atoms with Crippen molar-refractivity contribution in [3.63, 3.8) is 0 Å². The molecule has 90 valence electrons. The molecule has 0 aliphatic heterocycles. The fourth-order valence-electron chi connectivity index (χ4n) is 1.87. The molecule has 2 nitrogen and oxygen atoms in total. The first kappa shape index (κ1) is 13.3. The minimum atomic E-state index is -0.822. The summed E-state index contributed by atoms with van der Waals surface area (Å²) in [4.78, 5) is 0. The van der Waals surface area contributed by atoms with Gasteiger partial charge in [-0.25, -0.2) is 0 Å². The Kier molecular flexibility index (Phi) is 4.22. The normalized spacial score (nSPS) is 14.9. The van der Waals surface area contributed by atoms with Crippen molar-refractivity contribution in [2.75, 3.05) is 7.11 Å². The van der Waals surface area contributed by atoms with E-state index < -0.39 is 5.60 Å². The van der Waals surface area contributed by atoms with Crippen molar-refractivity contribution >= 4 is 11.6 Å². The summed E-state index contributed by atoms with van der Waals surface area (Å²) in [5, 5.41) is 11.1. The van der Waals surface area contributed by atoms with Crippen LogP contribution in [0.25, 0.3) is 0 Å². The van der Waals surface area contributed by atoms with Crippen LogP contribution < -0.4 is 4.74 Å². The summed E-state index contributed by atoms with van der Waals surface area (Å²) in [6.07, 6.45) is 0.662. The Morgan fingerprint density at radius 2 is 2.06 bits per heavy atom. The highest BCUT2D eigenvalue weighted by Crippen LogP contribution is 2.36. The molecule has 16 heavy (non-hydrogen) atoms. The first-order valence-electron chi connectivity index (χ1n) is 5.52. The lowest BCUT2D eigenvalue weighted by Crippen LogP contribution is -2.31. The monoisotopic (exact) mass is 242 g/mol. The van der Waals surface area contributed by atoms with E-state index >= 15 is 0 Å². The zero-order valence-electron chi connectivity index (χ0n) is 10.2. The number of aliphatic hydroxyl groups is 1. The Morgan fingerprint density at radius 3 is 2.50 bits per heavy atom. The number of halogens is 1. The van der Waals surface area contributed by atoms with Crippen LogP contribution in [0.5, 0.6) is 5.75 Å². The highest BCUT2D eigenvalue weighted by atomic mass is 35.5. The van der Waals surface area contributed by atoms with Crippen molar-refractivity contribution in [1.82, 2.24) is 0 Å². The van der Waals surface area contributed by atoms with Gasteiger partial charge in [0, 0.05) is 0 Å². The van der Waals surface area contributed by atoms with Crippen molar-refractivity contribution in [3.05, 3.63) is 28.8 Å². The summed E-state index contributed by atoms with van der Waals surface area (Å²) in [6.45, 7) is 5.98. The van der Waals surface area contributed by atoms with Gasteiger partial charge < -0.3 is 9.84 Å². The van der Waals surface area contributed by atoms with Gasteiger partial charge in [-0.1, -0.05) is 38.4 Å². The number of hydrogen-bond acceptors (Lipinski definition) is 2. The molecule has 0 spiro atoms. The van der Waals surface area contributed by atoms with Gasteiger partial charge in [0.15, 0.2) is 0 Å². The number of hydrogen-bond donors (Lipinski definition) is 1. The Balaban J connectivity index is 3.21. The second-order valence-corrected chi connectivity index (χ2v) is 4.69. The second kappa shape index (κ2) is 5.07. The van der Waals surface area contributed by atoms with Crippen LogP contribution in [0.3, 0.4) is 0 Å². The van der Waals surface area contributed by atoms with E-state index in [0.29, 0.717) is 17.2 Å². The second-order valence-electron chi connectivity index (χ2n) is 4.28. The lowest BCUT2D eigenvalue weighted by atomic mass is 9.81. The van der Waals surface area contributed by atoms with Gasteiger partial charge >= 0.3 is 0 Å². The average molecular weight is 243 g/mol. The quantitative estimate of drug-likeness (QED) is 0.874. The molecular weight excluding hydrogens is 224 g/mol. The van der Waals surface area contributed by atoms with E-state index in [0.717, 1.165) is 5.56 Å². The fourth-order valence-corrected chi connectivity index (χ4v) is 2.07. The third-order valence-electron chi connectivity index (χ3n) is 3.15. The van der Waals surface area contributed by atoms with Gasteiger partial charge in [0.05, 0.1) is 17.7 Å². The molecule has 0 bridgehead atoms. The zero-order valence-corrected chi connectivity index (χ0v) is 11.0. The van der Waals surface area contributed by atoms with Gasteiger partial charge in [0.2, 0.25) is 0 Å². The molecule has 1 N–H and O–H groups in total. The highest BCUT2D eigenvalue weighted by Gasteiger charge is 2.31. The SMILES string of the molecule is CCC(O)(c1ccc(Cl)c(OC)c1)C(C)C. The fraction of sp³-hybridized carbons (Fsp3) is 0.538. The summed E-state index contributed by atoms with van der Waals surface area (Å²) in [5.41, 5.74) is 0.0315. The largest absolute Gasteiger partial charge is 0.495 e. The smallest absolute Gasteiger partial charge is 0.137 e. The number of benzene rings is 1. The third-order valence-corrected chi connectivity index (χ3v) is 3.46. The molecule has 0 fully saturated rings. The third kappa shape index (κ3) is 2.33.